The van der Waals surface area contributed by atoms with Crippen molar-refractivity contribution >= 4 is 15.8 Å². The average Bonchev–Trinajstić information content (AvgIpc) is 2.62. The molecule has 1 unspecified atom stereocenters. The van der Waals surface area contributed by atoms with Crippen LogP contribution in [0.3, 0.4) is 0 Å². The fraction of sp³-hybridized carbons (Fsp3) is 0.278. The fourth-order valence-electron chi connectivity index (χ4n) is 2.82. The summed E-state index contributed by atoms with van der Waals surface area (Å²) in [5, 5.41) is 0. The van der Waals surface area contributed by atoms with Gasteiger partial charge in [0.15, 0.2) is 5.78 Å². The van der Waals surface area contributed by atoms with E-state index in [0.29, 0.717) is 18.8 Å². The molecule has 1 aliphatic heterocycles. The minimum Gasteiger partial charge on any atom is -0.378 e. The van der Waals surface area contributed by atoms with Gasteiger partial charge in [-0.15, -0.1) is 0 Å². The molecule has 1 aliphatic rings. The van der Waals surface area contributed by atoms with E-state index >= 15 is 0 Å². The van der Waals surface area contributed by atoms with Crippen LogP contribution in [0.5, 0.6) is 0 Å². The second-order valence-corrected chi connectivity index (χ2v) is 7.59. The summed E-state index contributed by atoms with van der Waals surface area (Å²) in [5.74, 6) is -0.159. The number of benzene rings is 2. The van der Waals surface area contributed by atoms with E-state index < -0.39 is 10.0 Å². The van der Waals surface area contributed by atoms with E-state index in [0.717, 1.165) is 5.56 Å². The summed E-state index contributed by atoms with van der Waals surface area (Å²) < 4.78 is 33.2. The van der Waals surface area contributed by atoms with Crippen LogP contribution < -0.4 is 0 Å². The first-order valence-corrected chi connectivity index (χ1v) is 9.19. The van der Waals surface area contributed by atoms with Crippen LogP contribution in [0.25, 0.3) is 0 Å². The molecular formula is C18H19NO4S. The van der Waals surface area contributed by atoms with Crippen LogP contribution in [0.4, 0.5) is 0 Å². The normalized spacial score (nSPS) is 19.1. The smallest absolute Gasteiger partial charge is 0.243 e. The number of ketones is 1. The molecule has 0 spiro atoms. The lowest BCUT2D eigenvalue weighted by atomic mass is 10.1. The highest BCUT2D eigenvalue weighted by Gasteiger charge is 2.35. The third-order valence-electron chi connectivity index (χ3n) is 4.11. The zero-order valence-electron chi connectivity index (χ0n) is 13.4. The Labute approximate surface area is 141 Å². The minimum absolute atomic E-state index is 0.137. The molecule has 0 aromatic heterocycles. The Morgan fingerprint density at radius 3 is 2.58 bits per heavy atom. The summed E-state index contributed by atoms with van der Waals surface area (Å²) in [6.45, 7) is 2.38. The first-order valence-electron chi connectivity index (χ1n) is 7.75. The van der Waals surface area contributed by atoms with E-state index in [9.17, 15) is 13.2 Å². The van der Waals surface area contributed by atoms with Crippen molar-refractivity contribution in [3.05, 3.63) is 65.7 Å². The summed E-state index contributed by atoms with van der Waals surface area (Å²) in [6, 6.07) is 15.3. The maximum Gasteiger partial charge on any atom is 0.243 e. The number of sulfonamides is 1. The van der Waals surface area contributed by atoms with Crippen molar-refractivity contribution in [2.45, 2.75) is 17.9 Å². The molecule has 0 amide bonds. The zero-order chi connectivity index (χ0) is 17.2. The molecule has 2 aromatic carbocycles. The fourth-order valence-corrected chi connectivity index (χ4v) is 4.45. The van der Waals surface area contributed by atoms with Crippen molar-refractivity contribution in [3.8, 4) is 0 Å². The molecule has 0 N–H and O–H groups in total. The second kappa shape index (κ2) is 6.84. The molecule has 0 radical (unpaired) electrons. The van der Waals surface area contributed by atoms with Crippen molar-refractivity contribution < 1.29 is 17.9 Å². The molecule has 2 aromatic rings. The van der Waals surface area contributed by atoms with Gasteiger partial charge in [-0.05, 0) is 24.6 Å². The molecule has 24 heavy (non-hydrogen) atoms. The van der Waals surface area contributed by atoms with Crippen molar-refractivity contribution in [2.24, 2.45) is 0 Å². The molecule has 1 saturated heterocycles. The van der Waals surface area contributed by atoms with Crippen LogP contribution in [0.15, 0.2) is 59.5 Å². The van der Waals surface area contributed by atoms with Gasteiger partial charge < -0.3 is 4.74 Å². The van der Waals surface area contributed by atoms with Gasteiger partial charge in [0.05, 0.1) is 24.2 Å². The second-order valence-electron chi connectivity index (χ2n) is 5.70. The van der Waals surface area contributed by atoms with Gasteiger partial charge in [0, 0.05) is 12.1 Å². The molecule has 126 valence electrons. The Hall–Kier alpha value is -2.02. The lowest BCUT2D eigenvalue weighted by molar-refractivity contribution is 0.0321. The predicted octanol–water partition coefficient (Wildman–Crippen LogP) is 2.65. The molecule has 3 rings (SSSR count). The van der Waals surface area contributed by atoms with Gasteiger partial charge in [-0.25, -0.2) is 8.42 Å². The van der Waals surface area contributed by atoms with Gasteiger partial charge in [-0.2, -0.15) is 4.31 Å². The number of nitrogens with zero attached hydrogens (tertiary/aromatic N) is 1. The van der Waals surface area contributed by atoms with Gasteiger partial charge >= 0.3 is 0 Å². The SMILES string of the molecule is CC(=O)c1cccc(S(=O)(=O)N2CCOCC2c2ccccc2)c1. The van der Waals surface area contributed by atoms with E-state index in [1.165, 1.54) is 23.4 Å². The van der Waals surface area contributed by atoms with E-state index in [2.05, 4.69) is 0 Å². The Balaban J connectivity index is 2.00. The van der Waals surface area contributed by atoms with Gasteiger partial charge in [0.1, 0.15) is 0 Å². The van der Waals surface area contributed by atoms with Gasteiger partial charge in [-0.1, -0.05) is 42.5 Å². The molecule has 0 aliphatic carbocycles. The van der Waals surface area contributed by atoms with Crippen LogP contribution >= 0.6 is 0 Å². The lowest BCUT2D eigenvalue weighted by Crippen LogP contribution is -2.43. The van der Waals surface area contributed by atoms with Gasteiger partial charge in [-0.3, -0.25) is 4.79 Å². The summed E-state index contributed by atoms with van der Waals surface area (Å²) in [6.07, 6.45) is 0. The number of carbonyl (C=O) groups excluding carboxylic acids is 1. The van der Waals surface area contributed by atoms with E-state index in [4.69, 9.17) is 4.74 Å². The first-order chi connectivity index (χ1) is 11.5. The molecular weight excluding hydrogens is 326 g/mol. The maximum atomic E-state index is 13.1. The van der Waals surface area contributed by atoms with Crippen LogP contribution in [0.1, 0.15) is 28.9 Å². The standard InChI is InChI=1S/C18H19NO4S/c1-14(20)16-8-5-9-17(12-16)24(21,22)19-10-11-23-13-18(19)15-6-3-2-4-7-15/h2-9,12,18H,10-11,13H2,1H3. The first kappa shape index (κ1) is 16.8. The highest BCUT2D eigenvalue weighted by Crippen LogP contribution is 2.30. The summed E-state index contributed by atoms with van der Waals surface area (Å²) in [5.41, 5.74) is 1.28. The van der Waals surface area contributed by atoms with Crippen LogP contribution in [-0.4, -0.2) is 38.3 Å². The molecule has 0 bridgehead atoms. The number of carbonyl (C=O) groups is 1. The largest absolute Gasteiger partial charge is 0.378 e. The van der Waals surface area contributed by atoms with Crippen LogP contribution in [-0.2, 0) is 14.8 Å². The maximum absolute atomic E-state index is 13.1. The van der Waals surface area contributed by atoms with Gasteiger partial charge in [0.2, 0.25) is 10.0 Å². The lowest BCUT2D eigenvalue weighted by Gasteiger charge is -2.34. The average molecular weight is 345 g/mol. The molecule has 0 saturated carbocycles. The van der Waals surface area contributed by atoms with E-state index in [1.54, 1.807) is 12.1 Å². The molecule has 5 nitrogen and oxygen atoms in total. The van der Waals surface area contributed by atoms with Gasteiger partial charge in [0.25, 0.3) is 0 Å². The molecule has 1 fully saturated rings. The van der Waals surface area contributed by atoms with Crippen LogP contribution in [0, 0.1) is 0 Å². The molecule has 1 atom stereocenters. The summed E-state index contributed by atoms with van der Waals surface area (Å²) >= 11 is 0. The Morgan fingerprint density at radius 2 is 1.88 bits per heavy atom. The third kappa shape index (κ3) is 3.26. The topological polar surface area (TPSA) is 63.7 Å². The molecule has 1 heterocycles. The number of Topliss-reactive ketones (excluding diaryl/α,β-unsaturated/α-hetero) is 1. The minimum atomic E-state index is -3.71. The van der Waals surface area contributed by atoms with E-state index in [1.807, 2.05) is 30.3 Å². The van der Waals surface area contributed by atoms with Crippen molar-refractivity contribution in [1.82, 2.24) is 4.31 Å². The van der Waals surface area contributed by atoms with Crippen LogP contribution in [0.2, 0.25) is 0 Å². The Kier molecular flexibility index (Phi) is 4.80. The van der Waals surface area contributed by atoms with Crippen molar-refractivity contribution in [3.63, 3.8) is 0 Å². The van der Waals surface area contributed by atoms with Crippen molar-refractivity contribution in [1.29, 1.82) is 0 Å². The van der Waals surface area contributed by atoms with E-state index in [-0.39, 0.29) is 23.3 Å². The zero-order valence-corrected chi connectivity index (χ0v) is 14.2. The highest BCUT2D eigenvalue weighted by atomic mass is 32.2. The highest BCUT2D eigenvalue weighted by molar-refractivity contribution is 7.89. The number of ether oxygens (including phenoxy) is 1. The van der Waals surface area contributed by atoms with Crippen molar-refractivity contribution in [2.75, 3.05) is 19.8 Å². The number of hydrogen-bond donors (Lipinski definition) is 0. The number of morpholine rings is 1. The number of rotatable bonds is 4. The summed E-state index contributed by atoms with van der Waals surface area (Å²) in [7, 11) is -3.71. The Morgan fingerprint density at radius 1 is 1.12 bits per heavy atom. The molecule has 6 heteroatoms. The monoisotopic (exact) mass is 345 g/mol. The third-order valence-corrected chi connectivity index (χ3v) is 6.02. The Bertz CT molecular complexity index is 833. The number of hydrogen-bond acceptors (Lipinski definition) is 4. The quantitative estimate of drug-likeness (QED) is 0.799. The summed E-state index contributed by atoms with van der Waals surface area (Å²) in [4.78, 5) is 11.7. The predicted molar refractivity (Wildman–Crippen MR) is 90.3 cm³/mol.